The summed E-state index contributed by atoms with van der Waals surface area (Å²) in [5.41, 5.74) is 6.27. The quantitative estimate of drug-likeness (QED) is 0.456. The number of amides is 1. The van der Waals surface area contributed by atoms with E-state index in [9.17, 15) is 22.8 Å². The van der Waals surface area contributed by atoms with Crippen LogP contribution in [-0.4, -0.2) is 24.3 Å². The number of esters is 1. The van der Waals surface area contributed by atoms with Gasteiger partial charge in [-0.2, -0.15) is 13.2 Å². The Morgan fingerprint density at radius 3 is 2.43 bits per heavy atom. The SMILES string of the molecule is [C-]#[N+]c1ccc(C2C(C(=O)OCC)=C(C)N(c3cccc(C(F)(F)F)c3)C(=N)C2C(N)=O)c(C)c1. The summed E-state index contributed by atoms with van der Waals surface area (Å²) < 4.78 is 45.4. The number of amidine groups is 1. The van der Waals surface area contributed by atoms with Crippen molar-refractivity contribution in [2.75, 3.05) is 11.5 Å². The highest BCUT2D eigenvalue weighted by atomic mass is 19.4. The summed E-state index contributed by atoms with van der Waals surface area (Å²) >= 11 is 0. The fourth-order valence-electron chi connectivity index (χ4n) is 4.34. The molecule has 0 radical (unpaired) electrons. The van der Waals surface area contributed by atoms with Gasteiger partial charge in [0.15, 0.2) is 5.69 Å². The van der Waals surface area contributed by atoms with Gasteiger partial charge in [0.1, 0.15) is 11.8 Å². The van der Waals surface area contributed by atoms with E-state index in [4.69, 9.17) is 22.5 Å². The van der Waals surface area contributed by atoms with Crippen molar-refractivity contribution in [2.45, 2.75) is 32.9 Å². The number of carbonyl (C=O) groups is 2. The third kappa shape index (κ3) is 4.75. The molecule has 1 heterocycles. The first-order valence-corrected chi connectivity index (χ1v) is 10.6. The van der Waals surface area contributed by atoms with Crippen LogP contribution in [0.1, 0.15) is 36.5 Å². The second kappa shape index (κ2) is 9.62. The van der Waals surface area contributed by atoms with Crippen LogP contribution in [0.5, 0.6) is 0 Å². The highest BCUT2D eigenvalue weighted by Gasteiger charge is 2.46. The van der Waals surface area contributed by atoms with Gasteiger partial charge in [0.2, 0.25) is 5.91 Å². The van der Waals surface area contributed by atoms with Gasteiger partial charge in [-0.1, -0.05) is 29.8 Å². The van der Waals surface area contributed by atoms with Crippen molar-refractivity contribution in [3.63, 3.8) is 0 Å². The van der Waals surface area contributed by atoms with E-state index < -0.39 is 35.5 Å². The average molecular weight is 484 g/mol. The van der Waals surface area contributed by atoms with Crippen molar-refractivity contribution >= 4 is 29.1 Å². The van der Waals surface area contributed by atoms with E-state index in [-0.39, 0.29) is 29.4 Å². The maximum atomic E-state index is 13.4. The number of nitrogens with zero attached hydrogens (tertiary/aromatic N) is 2. The lowest BCUT2D eigenvalue weighted by molar-refractivity contribution is -0.139. The minimum absolute atomic E-state index is 0.00252. The smallest absolute Gasteiger partial charge is 0.416 e. The number of carbonyl (C=O) groups excluding carboxylic acids is 2. The van der Waals surface area contributed by atoms with Crippen molar-refractivity contribution in [1.82, 2.24) is 0 Å². The monoisotopic (exact) mass is 484 g/mol. The molecule has 0 spiro atoms. The standard InChI is InChI=1S/C25H23F3N4O3/c1-5-35-24(34)19-14(3)32(17-8-6-7-15(12-17)25(26,27)28)22(29)21(23(30)33)20(19)18-10-9-16(31-4)11-13(18)2/h6-12,20-21,29H,5H2,1-3H3,(H2,30,33). The number of nitrogens with one attached hydrogen (secondary N) is 1. The molecule has 2 aromatic rings. The third-order valence-corrected chi connectivity index (χ3v) is 5.86. The topological polar surface area (TPSA) is 101 Å². The number of halogens is 3. The fraction of sp³-hybridized carbons (Fsp3) is 0.280. The summed E-state index contributed by atoms with van der Waals surface area (Å²) in [7, 11) is 0. The molecule has 10 heteroatoms. The summed E-state index contributed by atoms with van der Waals surface area (Å²) in [6, 6.07) is 8.96. The zero-order chi connectivity index (χ0) is 26.1. The Morgan fingerprint density at radius 2 is 1.89 bits per heavy atom. The number of rotatable bonds is 5. The van der Waals surface area contributed by atoms with Gasteiger partial charge in [-0.05, 0) is 44.5 Å². The van der Waals surface area contributed by atoms with Gasteiger partial charge in [-0.25, -0.2) is 9.64 Å². The van der Waals surface area contributed by atoms with Crippen LogP contribution in [0.2, 0.25) is 0 Å². The molecule has 1 aliphatic rings. The van der Waals surface area contributed by atoms with Crippen molar-refractivity contribution < 1.29 is 27.5 Å². The van der Waals surface area contributed by atoms with Gasteiger partial charge in [0, 0.05) is 17.3 Å². The maximum Gasteiger partial charge on any atom is 0.416 e. The summed E-state index contributed by atoms with van der Waals surface area (Å²) in [4.78, 5) is 30.3. The largest absolute Gasteiger partial charge is 0.463 e. The highest BCUT2D eigenvalue weighted by molar-refractivity contribution is 6.15. The Bertz CT molecular complexity index is 1280. The number of primary amides is 1. The van der Waals surface area contributed by atoms with Crippen molar-refractivity contribution in [1.29, 1.82) is 5.41 Å². The molecule has 0 bridgehead atoms. The lowest BCUT2D eigenvalue weighted by atomic mass is 9.74. The van der Waals surface area contributed by atoms with Gasteiger partial charge in [-0.15, -0.1) is 0 Å². The number of allylic oxidation sites excluding steroid dienone is 1. The lowest BCUT2D eigenvalue weighted by Gasteiger charge is -2.41. The number of anilines is 1. The Labute approximate surface area is 200 Å². The molecule has 0 saturated carbocycles. The number of aryl methyl sites for hydroxylation is 1. The molecule has 1 amide bonds. The molecule has 7 nitrogen and oxygen atoms in total. The molecule has 2 atom stereocenters. The molecule has 3 rings (SSSR count). The molecule has 182 valence electrons. The summed E-state index contributed by atoms with van der Waals surface area (Å²) in [5, 5.41) is 8.80. The van der Waals surface area contributed by atoms with Crippen LogP contribution in [0.3, 0.4) is 0 Å². The lowest BCUT2D eigenvalue weighted by Crippen LogP contribution is -2.49. The predicted molar refractivity (Wildman–Crippen MR) is 124 cm³/mol. The molecule has 3 N–H and O–H groups in total. The van der Waals surface area contributed by atoms with E-state index in [1.807, 2.05) is 0 Å². The van der Waals surface area contributed by atoms with E-state index in [0.29, 0.717) is 16.8 Å². The van der Waals surface area contributed by atoms with E-state index in [1.165, 1.54) is 25.1 Å². The van der Waals surface area contributed by atoms with Crippen LogP contribution in [0.4, 0.5) is 24.5 Å². The molecule has 0 saturated heterocycles. The molecule has 1 aliphatic heterocycles. The maximum absolute atomic E-state index is 13.4. The van der Waals surface area contributed by atoms with Crippen LogP contribution >= 0.6 is 0 Å². The second-order valence-electron chi connectivity index (χ2n) is 8.00. The number of benzene rings is 2. The molecule has 2 unspecified atom stereocenters. The Morgan fingerprint density at radius 1 is 1.20 bits per heavy atom. The van der Waals surface area contributed by atoms with Gasteiger partial charge in [0.05, 0.1) is 24.3 Å². The van der Waals surface area contributed by atoms with Crippen LogP contribution in [0, 0.1) is 24.8 Å². The predicted octanol–water partition coefficient (Wildman–Crippen LogP) is 5.08. The Hall–Kier alpha value is -4.13. The average Bonchev–Trinajstić information content (AvgIpc) is 2.78. The number of hydrogen-bond donors (Lipinski definition) is 2. The van der Waals surface area contributed by atoms with Gasteiger partial charge < -0.3 is 15.4 Å². The molecule has 35 heavy (non-hydrogen) atoms. The first kappa shape index (κ1) is 25.5. The Balaban J connectivity index is 2.33. The van der Waals surface area contributed by atoms with Crippen molar-refractivity contribution in [3.8, 4) is 0 Å². The third-order valence-electron chi connectivity index (χ3n) is 5.86. The van der Waals surface area contributed by atoms with E-state index in [2.05, 4.69) is 4.85 Å². The fourth-order valence-corrected chi connectivity index (χ4v) is 4.34. The van der Waals surface area contributed by atoms with E-state index in [1.54, 1.807) is 26.0 Å². The van der Waals surface area contributed by atoms with Crippen molar-refractivity contribution in [3.05, 3.63) is 81.8 Å². The number of hydrogen-bond acceptors (Lipinski definition) is 4. The zero-order valence-electron chi connectivity index (χ0n) is 19.2. The molecular formula is C25H23F3N4O3. The Kier molecular flexibility index (Phi) is 7.01. The molecule has 0 aromatic heterocycles. The molecule has 0 fully saturated rings. The van der Waals surface area contributed by atoms with Gasteiger partial charge in [0.25, 0.3) is 0 Å². The number of alkyl halides is 3. The normalized spacial score (nSPS) is 18.3. The highest BCUT2D eigenvalue weighted by Crippen LogP contribution is 2.45. The zero-order valence-corrected chi connectivity index (χ0v) is 19.2. The van der Waals surface area contributed by atoms with Gasteiger partial charge in [-0.3, -0.25) is 10.2 Å². The minimum Gasteiger partial charge on any atom is -0.463 e. The van der Waals surface area contributed by atoms with Crippen LogP contribution in [0.15, 0.2) is 53.7 Å². The molecular weight excluding hydrogens is 461 g/mol. The van der Waals surface area contributed by atoms with E-state index >= 15 is 0 Å². The first-order chi connectivity index (χ1) is 16.4. The van der Waals surface area contributed by atoms with E-state index in [0.717, 1.165) is 17.0 Å². The number of ether oxygens (including phenoxy) is 1. The second-order valence-corrected chi connectivity index (χ2v) is 8.00. The molecule has 0 aliphatic carbocycles. The summed E-state index contributed by atoms with van der Waals surface area (Å²) in [6.07, 6.45) is -4.64. The summed E-state index contributed by atoms with van der Waals surface area (Å²) in [5.74, 6) is -4.49. The van der Waals surface area contributed by atoms with Crippen LogP contribution in [0.25, 0.3) is 4.85 Å². The van der Waals surface area contributed by atoms with Crippen molar-refractivity contribution in [2.24, 2.45) is 11.7 Å². The minimum atomic E-state index is -4.64. The van der Waals surface area contributed by atoms with Crippen LogP contribution in [-0.2, 0) is 20.5 Å². The summed E-state index contributed by atoms with van der Waals surface area (Å²) in [6.45, 7) is 12.0. The van der Waals surface area contributed by atoms with Gasteiger partial charge >= 0.3 is 12.1 Å². The van der Waals surface area contributed by atoms with Crippen LogP contribution < -0.4 is 10.6 Å². The molecule has 2 aromatic carbocycles. The first-order valence-electron chi connectivity index (χ1n) is 10.6. The number of nitrogens with two attached hydrogens (primary N) is 1.